The average molecular weight is 291 g/mol. The number of aromatic nitrogens is 1. The van der Waals surface area contributed by atoms with Gasteiger partial charge in [0, 0.05) is 5.39 Å². The van der Waals surface area contributed by atoms with Crippen LogP contribution in [0.15, 0.2) is 53.6 Å². The highest BCUT2D eigenvalue weighted by atomic mass is 16.3. The number of rotatable bonds is 3. The van der Waals surface area contributed by atoms with Gasteiger partial charge in [-0.25, -0.2) is 4.98 Å². The van der Waals surface area contributed by atoms with Crippen molar-refractivity contribution < 1.29 is 5.11 Å². The highest BCUT2D eigenvalue weighted by Crippen LogP contribution is 2.22. The molecule has 22 heavy (non-hydrogen) atoms. The third-order valence-corrected chi connectivity index (χ3v) is 3.71. The van der Waals surface area contributed by atoms with Crippen molar-refractivity contribution in [1.82, 2.24) is 4.98 Å². The fourth-order valence-corrected chi connectivity index (χ4v) is 2.26. The first-order chi connectivity index (χ1) is 10.6. The minimum Gasteiger partial charge on any atom is -0.506 e. The zero-order valence-corrected chi connectivity index (χ0v) is 12.5. The minimum absolute atomic E-state index is 0.176. The molecule has 3 aromatic rings. The molecule has 2 N–H and O–H groups in total. The van der Waals surface area contributed by atoms with E-state index in [1.54, 1.807) is 18.3 Å². The second-order valence-electron chi connectivity index (χ2n) is 5.20. The Morgan fingerprint density at radius 3 is 2.73 bits per heavy atom. The van der Waals surface area contributed by atoms with Crippen molar-refractivity contribution >= 4 is 22.8 Å². The van der Waals surface area contributed by atoms with Gasteiger partial charge in [-0.2, -0.15) is 5.10 Å². The summed E-state index contributed by atoms with van der Waals surface area (Å²) in [5.41, 5.74) is 7.66. The van der Waals surface area contributed by atoms with Gasteiger partial charge in [-0.15, -0.1) is 0 Å². The van der Waals surface area contributed by atoms with Crippen molar-refractivity contribution in [2.24, 2.45) is 5.10 Å². The monoisotopic (exact) mass is 291 g/mol. The van der Waals surface area contributed by atoms with Crippen molar-refractivity contribution in [2.45, 2.75) is 13.8 Å². The second kappa shape index (κ2) is 5.85. The first kappa shape index (κ1) is 14.1. The minimum atomic E-state index is 0.176. The molecule has 4 nitrogen and oxygen atoms in total. The predicted octanol–water partition coefficient (Wildman–Crippen LogP) is 4.00. The number of para-hydroxylation sites is 1. The van der Waals surface area contributed by atoms with Gasteiger partial charge in [0.05, 0.1) is 17.6 Å². The smallest absolute Gasteiger partial charge is 0.141 e. The third kappa shape index (κ3) is 2.76. The molecule has 0 amide bonds. The molecule has 0 bridgehead atoms. The van der Waals surface area contributed by atoms with Gasteiger partial charge in [0.25, 0.3) is 0 Å². The molecule has 0 fully saturated rings. The van der Waals surface area contributed by atoms with Crippen molar-refractivity contribution in [3.05, 3.63) is 65.4 Å². The summed E-state index contributed by atoms with van der Waals surface area (Å²) in [4.78, 5) is 4.41. The van der Waals surface area contributed by atoms with E-state index in [1.165, 1.54) is 11.1 Å². The fraction of sp³-hybridized carbons (Fsp3) is 0.111. The largest absolute Gasteiger partial charge is 0.506 e. The molecule has 110 valence electrons. The highest BCUT2D eigenvalue weighted by Gasteiger charge is 2.02. The molecule has 0 aliphatic heterocycles. The number of hydrogen-bond acceptors (Lipinski definition) is 4. The summed E-state index contributed by atoms with van der Waals surface area (Å²) < 4.78 is 0. The van der Waals surface area contributed by atoms with Crippen LogP contribution in [0.2, 0.25) is 0 Å². The van der Waals surface area contributed by atoms with Crippen LogP contribution in [0.3, 0.4) is 0 Å². The molecular formula is C18H17N3O. The number of hydrazone groups is 1. The maximum absolute atomic E-state index is 9.84. The summed E-state index contributed by atoms with van der Waals surface area (Å²) in [5, 5.41) is 15.0. The molecular weight excluding hydrogens is 274 g/mol. The van der Waals surface area contributed by atoms with Crippen LogP contribution in [0.25, 0.3) is 10.9 Å². The van der Waals surface area contributed by atoms with Gasteiger partial charge in [-0.05, 0) is 43.2 Å². The number of hydrogen-bond donors (Lipinski definition) is 2. The van der Waals surface area contributed by atoms with Gasteiger partial charge < -0.3 is 5.11 Å². The number of aryl methyl sites for hydroxylation is 1. The Hall–Kier alpha value is -2.88. The molecule has 0 spiro atoms. The Labute approximate surface area is 129 Å². The van der Waals surface area contributed by atoms with E-state index >= 15 is 0 Å². The summed E-state index contributed by atoms with van der Waals surface area (Å²) in [6.07, 6.45) is 1.65. The van der Waals surface area contributed by atoms with Crippen molar-refractivity contribution in [2.75, 3.05) is 5.43 Å². The van der Waals surface area contributed by atoms with Gasteiger partial charge in [0.2, 0.25) is 0 Å². The van der Waals surface area contributed by atoms with Gasteiger partial charge >= 0.3 is 0 Å². The normalized spacial score (nSPS) is 11.2. The Bertz CT molecular complexity index is 856. The number of benzene rings is 2. The topological polar surface area (TPSA) is 57.5 Å². The van der Waals surface area contributed by atoms with E-state index in [0.717, 1.165) is 11.1 Å². The molecule has 0 atom stereocenters. The van der Waals surface area contributed by atoms with E-state index in [1.807, 2.05) is 30.3 Å². The van der Waals surface area contributed by atoms with Crippen LogP contribution in [0.5, 0.6) is 5.75 Å². The van der Waals surface area contributed by atoms with Gasteiger partial charge in [-0.3, -0.25) is 5.43 Å². The van der Waals surface area contributed by atoms with E-state index in [2.05, 4.69) is 35.4 Å². The van der Waals surface area contributed by atoms with E-state index in [9.17, 15) is 5.11 Å². The molecule has 4 heteroatoms. The summed E-state index contributed by atoms with van der Waals surface area (Å²) >= 11 is 0. The summed E-state index contributed by atoms with van der Waals surface area (Å²) in [7, 11) is 0. The second-order valence-corrected chi connectivity index (χ2v) is 5.20. The summed E-state index contributed by atoms with van der Waals surface area (Å²) in [6.45, 7) is 4.12. The number of nitrogens with one attached hydrogen (secondary N) is 1. The van der Waals surface area contributed by atoms with Crippen LogP contribution in [0.4, 0.5) is 5.69 Å². The van der Waals surface area contributed by atoms with Crippen LogP contribution in [-0.2, 0) is 0 Å². The molecule has 1 heterocycles. The fourth-order valence-electron chi connectivity index (χ4n) is 2.26. The third-order valence-electron chi connectivity index (χ3n) is 3.71. The Balaban J connectivity index is 1.84. The van der Waals surface area contributed by atoms with Crippen molar-refractivity contribution in [1.29, 1.82) is 0 Å². The number of nitrogens with zero attached hydrogens (tertiary/aromatic N) is 2. The molecule has 0 aliphatic rings. The molecule has 0 aliphatic carbocycles. The van der Waals surface area contributed by atoms with Crippen LogP contribution >= 0.6 is 0 Å². The first-order valence-electron chi connectivity index (χ1n) is 7.09. The standard InChI is InChI=1S/C18H17N3O/c1-12-5-3-7-16(13(12)2)21-19-11-15-10-9-14-6-4-8-17(22)18(14)20-15/h3-11,21-22H,1-2H3/b19-11+. The molecule has 2 aromatic carbocycles. The maximum atomic E-state index is 9.84. The van der Waals surface area contributed by atoms with Gasteiger partial charge in [0.1, 0.15) is 11.3 Å². The van der Waals surface area contributed by atoms with Crippen LogP contribution < -0.4 is 5.43 Å². The lowest BCUT2D eigenvalue weighted by Crippen LogP contribution is -1.96. The number of aromatic hydroxyl groups is 1. The predicted molar refractivity (Wildman–Crippen MR) is 90.5 cm³/mol. The summed E-state index contributed by atoms with van der Waals surface area (Å²) in [6, 6.07) is 15.2. The van der Waals surface area contributed by atoms with Crippen molar-refractivity contribution in [3.63, 3.8) is 0 Å². The molecule has 0 unspecified atom stereocenters. The van der Waals surface area contributed by atoms with E-state index < -0.39 is 0 Å². The lowest BCUT2D eigenvalue weighted by Gasteiger charge is -2.07. The lowest BCUT2D eigenvalue weighted by molar-refractivity contribution is 0.480. The molecule has 1 aromatic heterocycles. The average Bonchev–Trinajstić information content (AvgIpc) is 2.52. The van der Waals surface area contributed by atoms with Crippen LogP contribution in [0.1, 0.15) is 16.8 Å². The molecule has 0 saturated heterocycles. The Kier molecular flexibility index (Phi) is 3.74. The molecule has 3 rings (SSSR count). The zero-order valence-electron chi connectivity index (χ0n) is 12.5. The van der Waals surface area contributed by atoms with Crippen molar-refractivity contribution in [3.8, 4) is 5.75 Å². The SMILES string of the molecule is Cc1cccc(N/N=C/c2ccc3cccc(O)c3n2)c1C. The first-order valence-corrected chi connectivity index (χ1v) is 7.09. The summed E-state index contributed by atoms with van der Waals surface area (Å²) in [5.74, 6) is 0.176. The van der Waals surface area contributed by atoms with E-state index in [4.69, 9.17) is 0 Å². The number of pyridine rings is 1. The molecule has 0 radical (unpaired) electrons. The maximum Gasteiger partial charge on any atom is 0.141 e. The van der Waals surface area contributed by atoms with Crippen LogP contribution in [0, 0.1) is 13.8 Å². The number of phenols is 1. The Morgan fingerprint density at radius 1 is 1.05 bits per heavy atom. The van der Waals surface area contributed by atoms with E-state index in [0.29, 0.717) is 11.2 Å². The number of fused-ring (bicyclic) bond motifs is 1. The highest BCUT2D eigenvalue weighted by molar-refractivity contribution is 5.88. The van der Waals surface area contributed by atoms with Gasteiger partial charge in [-0.1, -0.05) is 30.3 Å². The van der Waals surface area contributed by atoms with Gasteiger partial charge in [0.15, 0.2) is 0 Å². The molecule has 0 saturated carbocycles. The zero-order chi connectivity index (χ0) is 15.5. The lowest BCUT2D eigenvalue weighted by atomic mass is 10.1. The van der Waals surface area contributed by atoms with Crippen LogP contribution in [-0.4, -0.2) is 16.3 Å². The number of anilines is 1. The van der Waals surface area contributed by atoms with E-state index in [-0.39, 0.29) is 5.75 Å². The quantitative estimate of drug-likeness (QED) is 0.566. The number of phenolic OH excluding ortho intramolecular Hbond substituents is 1. The Morgan fingerprint density at radius 2 is 1.86 bits per heavy atom.